The molecule has 0 spiro atoms. The average Bonchev–Trinajstić information content (AvgIpc) is 3.21. The number of benzene rings is 1. The maximum atomic E-state index is 11.9. The van der Waals surface area contributed by atoms with Gasteiger partial charge < -0.3 is 15.0 Å². The van der Waals surface area contributed by atoms with Crippen molar-refractivity contribution in [2.45, 2.75) is 33.4 Å². The van der Waals surface area contributed by atoms with Crippen molar-refractivity contribution in [2.24, 2.45) is 0 Å². The monoisotopic (exact) mass is 398 g/mol. The van der Waals surface area contributed by atoms with Crippen LogP contribution in [0.1, 0.15) is 20.8 Å². The van der Waals surface area contributed by atoms with E-state index in [4.69, 9.17) is 16.3 Å². The van der Waals surface area contributed by atoms with Gasteiger partial charge in [-0.1, -0.05) is 11.6 Å². The van der Waals surface area contributed by atoms with E-state index in [0.717, 1.165) is 10.9 Å². The quantitative estimate of drug-likeness (QED) is 0.538. The predicted octanol–water partition coefficient (Wildman–Crippen LogP) is 4.14. The number of amides is 1. The third-order valence-corrected chi connectivity index (χ3v) is 4.45. The van der Waals surface area contributed by atoms with Crippen molar-refractivity contribution in [3.8, 4) is 17.1 Å². The lowest BCUT2D eigenvalue weighted by Gasteiger charge is -2.07. The van der Waals surface area contributed by atoms with Crippen molar-refractivity contribution in [3.63, 3.8) is 0 Å². The first kappa shape index (κ1) is 18.2. The molecule has 1 amide bonds. The van der Waals surface area contributed by atoms with Crippen LogP contribution in [-0.4, -0.2) is 36.9 Å². The van der Waals surface area contributed by atoms with E-state index in [2.05, 4.69) is 25.4 Å². The van der Waals surface area contributed by atoms with E-state index in [0.29, 0.717) is 39.9 Å². The molecule has 1 aromatic carbocycles. The van der Waals surface area contributed by atoms with Crippen LogP contribution in [0.15, 0.2) is 30.6 Å². The largest absolute Gasteiger partial charge is 0.412 e. The van der Waals surface area contributed by atoms with Gasteiger partial charge >= 0.3 is 6.09 Å². The highest BCUT2D eigenvalue weighted by Gasteiger charge is 2.17. The van der Waals surface area contributed by atoms with Crippen LogP contribution >= 0.6 is 11.6 Å². The van der Waals surface area contributed by atoms with Crippen LogP contribution < -0.4 is 10.1 Å². The minimum absolute atomic E-state index is 0.0319. The maximum Gasteiger partial charge on any atom is 0.412 e. The molecular weight excluding hydrogens is 380 g/mol. The van der Waals surface area contributed by atoms with Crippen LogP contribution in [0, 0.1) is 0 Å². The first-order valence-corrected chi connectivity index (χ1v) is 9.33. The lowest BCUT2D eigenvalue weighted by molar-refractivity contribution is 0.198. The summed E-state index contributed by atoms with van der Waals surface area (Å²) in [6, 6.07) is 5.59. The van der Waals surface area contributed by atoms with E-state index in [-0.39, 0.29) is 6.04 Å². The number of H-pyrrole nitrogens is 1. The second-order valence-electron chi connectivity index (χ2n) is 6.62. The van der Waals surface area contributed by atoms with E-state index >= 15 is 0 Å². The zero-order valence-electron chi connectivity index (χ0n) is 15.7. The Balaban J connectivity index is 1.79. The van der Waals surface area contributed by atoms with Gasteiger partial charge in [0.25, 0.3) is 0 Å². The second-order valence-corrected chi connectivity index (χ2v) is 7.06. The fourth-order valence-electron chi connectivity index (χ4n) is 3.00. The van der Waals surface area contributed by atoms with Crippen LogP contribution in [0.5, 0.6) is 5.75 Å². The molecule has 28 heavy (non-hydrogen) atoms. The van der Waals surface area contributed by atoms with E-state index in [9.17, 15) is 4.79 Å². The molecular formula is C19H19ClN6O2. The average molecular weight is 399 g/mol. The lowest BCUT2D eigenvalue weighted by atomic mass is 10.1. The van der Waals surface area contributed by atoms with Gasteiger partial charge in [-0.25, -0.2) is 14.8 Å². The summed E-state index contributed by atoms with van der Waals surface area (Å²) < 4.78 is 7.24. The Morgan fingerprint density at radius 2 is 2.21 bits per heavy atom. The molecule has 0 aliphatic carbocycles. The minimum Gasteiger partial charge on any atom is -0.406 e. The Morgan fingerprint density at radius 3 is 2.96 bits per heavy atom. The van der Waals surface area contributed by atoms with Gasteiger partial charge in [0, 0.05) is 29.2 Å². The number of aromatic amines is 1. The van der Waals surface area contributed by atoms with E-state index < -0.39 is 6.09 Å². The van der Waals surface area contributed by atoms with Crippen LogP contribution in [0.3, 0.4) is 0 Å². The highest BCUT2D eigenvalue weighted by Crippen LogP contribution is 2.31. The molecule has 0 atom stereocenters. The van der Waals surface area contributed by atoms with Crippen LogP contribution in [-0.2, 0) is 6.54 Å². The van der Waals surface area contributed by atoms with Gasteiger partial charge in [-0.3, -0.25) is 4.68 Å². The SMILES string of the molecule is CCn1nc(-c2cnc3[nH]cc(OC(=O)NC(C)C)c3n2)c2ccc(Cl)cc21. The Morgan fingerprint density at radius 1 is 1.39 bits per heavy atom. The Hall–Kier alpha value is -3.13. The van der Waals surface area contributed by atoms with Gasteiger partial charge in [-0.15, -0.1) is 0 Å². The van der Waals surface area contributed by atoms with E-state index in [1.807, 2.05) is 43.7 Å². The van der Waals surface area contributed by atoms with Crippen LogP contribution in [0.25, 0.3) is 33.5 Å². The fraction of sp³-hybridized carbons (Fsp3) is 0.263. The molecule has 0 saturated carbocycles. The molecule has 8 nitrogen and oxygen atoms in total. The highest BCUT2D eigenvalue weighted by atomic mass is 35.5. The van der Waals surface area contributed by atoms with E-state index in [1.54, 1.807) is 12.4 Å². The zero-order valence-corrected chi connectivity index (χ0v) is 16.4. The number of halogens is 1. The number of nitrogens with one attached hydrogen (secondary N) is 2. The van der Waals surface area contributed by atoms with E-state index in [1.165, 1.54) is 0 Å². The molecule has 0 bridgehead atoms. The zero-order chi connectivity index (χ0) is 19.8. The van der Waals surface area contributed by atoms with Gasteiger partial charge in [-0.2, -0.15) is 5.10 Å². The number of nitrogens with zero attached hydrogens (tertiary/aromatic N) is 4. The molecule has 9 heteroatoms. The van der Waals surface area contributed by atoms with Gasteiger partial charge in [-0.05, 0) is 39.0 Å². The number of carbonyl (C=O) groups is 1. The minimum atomic E-state index is -0.543. The van der Waals surface area contributed by atoms with Crippen molar-refractivity contribution in [3.05, 3.63) is 35.6 Å². The molecule has 0 radical (unpaired) electrons. The molecule has 0 aliphatic rings. The summed E-state index contributed by atoms with van der Waals surface area (Å²) in [5, 5.41) is 8.92. The van der Waals surface area contributed by atoms with Gasteiger partial charge in [0.1, 0.15) is 11.4 Å². The molecule has 4 rings (SSSR count). The molecule has 0 aliphatic heterocycles. The summed E-state index contributed by atoms with van der Waals surface area (Å²) in [6.07, 6.45) is 2.67. The third kappa shape index (κ3) is 3.27. The Bertz CT molecular complexity index is 1180. The van der Waals surface area contributed by atoms with Crippen LogP contribution in [0.4, 0.5) is 4.79 Å². The summed E-state index contributed by atoms with van der Waals surface area (Å²) >= 11 is 6.14. The number of ether oxygens (including phenoxy) is 1. The molecule has 0 fully saturated rings. The van der Waals surface area contributed by atoms with Gasteiger partial charge in [0.2, 0.25) is 0 Å². The normalized spacial score (nSPS) is 11.5. The molecule has 2 N–H and O–H groups in total. The molecule has 3 heterocycles. The second kappa shape index (κ2) is 7.12. The van der Waals surface area contributed by atoms with Crippen molar-refractivity contribution in [2.75, 3.05) is 0 Å². The van der Waals surface area contributed by atoms with Crippen molar-refractivity contribution >= 4 is 39.8 Å². The summed E-state index contributed by atoms with van der Waals surface area (Å²) in [6.45, 7) is 6.42. The number of hydrogen-bond acceptors (Lipinski definition) is 5. The first-order valence-electron chi connectivity index (χ1n) is 8.95. The van der Waals surface area contributed by atoms with Crippen molar-refractivity contribution < 1.29 is 9.53 Å². The summed E-state index contributed by atoms with van der Waals surface area (Å²) in [7, 11) is 0. The highest BCUT2D eigenvalue weighted by molar-refractivity contribution is 6.31. The maximum absolute atomic E-state index is 11.9. The number of carbonyl (C=O) groups excluding carboxylic acids is 1. The molecule has 0 unspecified atom stereocenters. The fourth-order valence-corrected chi connectivity index (χ4v) is 3.17. The number of aryl methyl sites for hydroxylation is 1. The Labute approximate surface area is 165 Å². The first-order chi connectivity index (χ1) is 13.5. The molecule has 4 aromatic rings. The smallest absolute Gasteiger partial charge is 0.406 e. The van der Waals surface area contributed by atoms with Crippen molar-refractivity contribution in [1.29, 1.82) is 0 Å². The summed E-state index contributed by atoms with van der Waals surface area (Å²) in [4.78, 5) is 24.0. The summed E-state index contributed by atoms with van der Waals surface area (Å²) in [5.41, 5.74) is 3.19. The molecule has 144 valence electrons. The van der Waals surface area contributed by atoms with Gasteiger partial charge in [0.15, 0.2) is 16.9 Å². The summed E-state index contributed by atoms with van der Waals surface area (Å²) in [5.74, 6) is 0.310. The topological polar surface area (TPSA) is 97.7 Å². The number of hydrogen-bond donors (Lipinski definition) is 2. The van der Waals surface area contributed by atoms with Gasteiger partial charge in [0.05, 0.1) is 11.7 Å². The number of rotatable bonds is 4. The van der Waals surface area contributed by atoms with Crippen molar-refractivity contribution in [1.82, 2.24) is 30.0 Å². The number of fused-ring (bicyclic) bond motifs is 2. The third-order valence-electron chi connectivity index (χ3n) is 4.21. The predicted molar refractivity (Wildman–Crippen MR) is 108 cm³/mol. The van der Waals surface area contributed by atoms with Crippen LogP contribution in [0.2, 0.25) is 5.02 Å². The lowest BCUT2D eigenvalue weighted by Crippen LogP contribution is -2.32. The molecule has 0 saturated heterocycles. The Kier molecular flexibility index (Phi) is 4.64. The standard InChI is InChI=1S/C19H19ClN6O2/c1-4-26-14-7-11(20)5-6-12(14)16(25-26)13-8-21-18-17(24-13)15(9-22-18)28-19(27)23-10(2)3/h5-10H,4H2,1-3H3,(H,21,22)(H,23,27). The molecule has 3 aromatic heterocycles. The number of aromatic nitrogens is 5.